The monoisotopic (exact) mass is 488 g/mol. The summed E-state index contributed by atoms with van der Waals surface area (Å²) in [5.41, 5.74) is 1.34. The average molecular weight is 488 g/mol. The van der Waals surface area contributed by atoms with Gasteiger partial charge in [-0.25, -0.2) is 0 Å². The number of carbonyl (C=O) groups excluding carboxylic acids is 1. The zero-order valence-electron chi connectivity index (χ0n) is 16.8. The molecule has 0 saturated carbocycles. The van der Waals surface area contributed by atoms with E-state index in [1.54, 1.807) is 7.05 Å². The summed E-state index contributed by atoms with van der Waals surface area (Å²) in [7, 11) is 1.75. The van der Waals surface area contributed by atoms with Crippen molar-refractivity contribution in [1.29, 1.82) is 0 Å². The number of esters is 1. The topological polar surface area (TPSA) is 66.0 Å². The Bertz CT molecular complexity index is 595. The number of carbonyl (C=O) groups is 1. The quantitative estimate of drug-likeness (QED) is 0.268. The van der Waals surface area contributed by atoms with E-state index in [0.29, 0.717) is 25.0 Å². The zero-order valence-corrected chi connectivity index (χ0v) is 19.1. The summed E-state index contributed by atoms with van der Waals surface area (Å²) in [4.78, 5) is 18.4. The van der Waals surface area contributed by atoms with E-state index >= 15 is 0 Å². The van der Waals surface area contributed by atoms with Crippen LogP contribution in [0.2, 0.25) is 0 Å². The van der Waals surface area contributed by atoms with Crippen molar-refractivity contribution in [3.05, 3.63) is 35.9 Å². The van der Waals surface area contributed by atoms with Crippen molar-refractivity contribution in [3.8, 4) is 0 Å². The van der Waals surface area contributed by atoms with Gasteiger partial charge >= 0.3 is 5.97 Å². The molecule has 27 heavy (non-hydrogen) atoms. The second-order valence-corrected chi connectivity index (χ2v) is 7.13. The minimum absolute atomic E-state index is 0. The van der Waals surface area contributed by atoms with E-state index in [4.69, 9.17) is 4.74 Å². The number of likely N-dealkylation sites (tertiary alicyclic amines) is 1. The van der Waals surface area contributed by atoms with Gasteiger partial charge in [-0.15, -0.1) is 24.0 Å². The number of hydrogen-bond acceptors (Lipinski definition) is 4. The molecule has 152 valence electrons. The highest BCUT2D eigenvalue weighted by Gasteiger charge is 2.29. The fourth-order valence-corrected chi connectivity index (χ4v) is 3.23. The van der Waals surface area contributed by atoms with E-state index in [1.807, 2.05) is 19.9 Å². The average Bonchev–Trinajstić information content (AvgIpc) is 2.93. The van der Waals surface area contributed by atoms with Crippen molar-refractivity contribution < 1.29 is 9.53 Å². The fraction of sp³-hybridized carbons (Fsp3) is 0.600. The van der Waals surface area contributed by atoms with Crippen LogP contribution in [0.4, 0.5) is 0 Å². The van der Waals surface area contributed by atoms with Gasteiger partial charge in [0.1, 0.15) is 0 Å². The molecule has 0 bridgehead atoms. The van der Waals surface area contributed by atoms with Gasteiger partial charge < -0.3 is 15.4 Å². The van der Waals surface area contributed by atoms with Crippen LogP contribution in [0.15, 0.2) is 35.3 Å². The molecule has 0 spiro atoms. The lowest BCUT2D eigenvalue weighted by atomic mass is 10.2. The van der Waals surface area contributed by atoms with Gasteiger partial charge in [0, 0.05) is 38.8 Å². The second-order valence-electron chi connectivity index (χ2n) is 7.13. The Kier molecular flexibility index (Phi) is 10.7. The van der Waals surface area contributed by atoms with E-state index in [9.17, 15) is 4.79 Å². The minimum atomic E-state index is -0.188. The number of ether oxygens (including phenoxy) is 1. The van der Waals surface area contributed by atoms with E-state index in [1.165, 1.54) is 5.56 Å². The summed E-state index contributed by atoms with van der Waals surface area (Å²) >= 11 is 0. The molecule has 0 aromatic heterocycles. The van der Waals surface area contributed by atoms with Crippen LogP contribution in [0.3, 0.4) is 0 Å². The number of hydrogen-bond donors (Lipinski definition) is 2. The standard InChI is InChI=1S/C20H32N4O2.HI/c1-15(2)26-19(25)10-11-22-20(21-4)23-18-12-16(3)24(14-18)13-17-8-6-5-7-9-17;/h5-9,15-16,18H,10-14H2,1-4H3,(H2,21,22,23);1H. The second kappa shape index (κ2) is 12.2. The van der Waals surface area contributed by atoms with Crippen LogP contribution in [0.1, 0.15) is 39.2 Å². The van der Waals surface area contributed by atoms with E-state index < -0.39 is 0 Å². The molecule has 2 atom stereocenters. The Morgan fingerprint density at radius 3 is 2.67 bits per heavy atom. The normalized spacial score (nSPS) is 20.3. The Balaban J connectivity index is 0.00000364. The lowest BCUT2D eigenvalue weighted by Gasteiger charge is -2.21. The number of benzene rings is 1. The third kappa shape index (κ3) is 8.47. The SMILES string of the molecule is CN=C(NCCC(=O)OC(C)C)NC1CC(C)N(Cc2ccccc2)C1.I. The highest BCUT2D eigenvalue weighted by molar-refractivity contribution is 14.0. The first-order chi connectivity index (χ1) is 12.5. The van der Waals surface area contributed by atoms with E-state index in [-0.39, 0.29) is 36.0 Å². The number of rotatable bonds is 7. The maximum absolute atomic E-state index is 11.6. The highest BCUT2D eigenvalue weighted by atomic mass is 127. The Labute approximate surface area is 180 Å². The van der Waals surface area contributed by atoms with Crippen molar-refractivity contribution in [2.24, 2.45) is 4.99 Å². The Morgan fingerprint density at radius 2 is 2.04 bits per heavy atom. The van der Waals surface area contributed by atoms with Crippen LogP contribution >= 0.6 is 24.0 Å². The summed E-state index contributed by atoms with van der Waals surface area (Å²) in [5.74, 6) is 0.549. The van der Waals surface area contributed by atoms with Crippen molar-refractivity contribution in [2.45, 2.75) is 58.3 Å². The molecule has 1 aromatic rings. The molecule has 0 aliphatic carbocycles. The summed E-state index contributed by atoms with van der Waals surface area (Å²) in [6.45, 7) is 8.44. The van der Waals surface area contributed by atoms with Gasteiger partial charge in [0.05, 0.1) is 12.5 Å². The summed E-state index contributed by atoms with van der Waals surface area (Å²) in [6.07, 6.45) is 1.33. The maximum atomic E-state index is 11.6. The van der Waals surface area contributed by atoms with Gasteiger partial charge in [-0.1, -0.05) is 30.3 Å². The van der Waals surface area contributed by atoms with Crippen molar-refractivity contribution in [3.63, 3.8) is 0 Å². The van der Waals surface area contributed by atoms with Crippen molar-refractivity contribution in [2.75, 3.05) is 20.1 Å². The molecule has 2 unspecified atom stereocenters. The third-order valence-corrected chi connectivity index (χ3v) is 4.49. The van der Waals surface area contributed by atoms with Crippen LogP contribution in [0.5, 0.6) is 0 Å². The highest BCUT2D eigenvalue weighted by Crippen LogP contribution is 2.20. The van der Waals surface area contributed by atoms with Gasteiger partial charge in [-0.3, -0.25) is 14.7 Å². The van der Waals surface area contributed by atoms with Crippen LogP contribution in [-0.4, -0.2) is 55.2 Å². The molecule has 1 heterocycles. The molecular formula is C20H33IN4O2. The smallest absolute Gasteiger partial charge is 0.307 e. The minimum Gasteiger partial charge on any atom is -0.463 e. The van der Waals surface area contributed by atoms with Gasteiger partial charge in [-0.05, 0) is 32.8 Å². The van der Waals surface area contributed by atoms with Crippen molar-refractivity contribution in [1.82, 2.24) is 15.5 Å². The summed E-state index contributed by atoms with van der Waals surface area (Å²) in [5, 5.41) is 6.67. The van der Waals surface area contributed by atoms with Gasteiger partial charge in [-0.2, -0.15) is 0 Å². The number of nitrogens with one attached hydrogen (secondary N) is 2. The third-order valence-electron chi connectivity index (χ3n) is 4.49. The number of nitrogens with zero attached hydrogens (tertiary/aromatic N) is 2. The van der Waals surface area contributed by atoms with Gasteiger partial charge in [0.2, 0.25) is 0 Å². The molecule has 0 amide bonds. The Hall–Kier alpha value is -1.35. The van der Waals surface area contributed by atoms with Crippen LogP contribution < -0.4 is 10.6 Å². The fourth-order valence-electron chi connectivity index (χ4n) is 3.23. The zero-order chi connectivity index (χ0) is 18.9. The Morgan fingerprint density at radius 1 is 1.33 bits per heavy atom. The van der Waals surface area contributed by atoms with Crippen molar-refractivity contribution >= 4 is 35.9 Å². The molecule has 1 fully saturated rings. The lowest BCUT2D eigenvalue weighted by Crippen LogP contribution is -2.45. The molecule has 1 aromatic carbocycles. The predicted octanol–water partition coefficient (Wildman–Crippen LogP) is 2.77. The molecule has 2 N–H and O–H groups in total. The first kappa shape index (κ1) is 23.7. The summed E-state index contributed by atoms with van der Waals surface area (Å²) < 4.78 is 5.14. The number of halogens is 1. The maximum Gasteiger partial charge on any atom is 0.307 e. The van der Waals surface area contributed by atoms with E-state index in [2.05, 4.69) is 51.7 Å². The molecule has 1 saturated heterocycles. The predicted molar refractivity (Wildman–Crippen MR) is 120 cm³/mol. The molecule has 2 rings (SSSR count). The molecule has 7 heteroatoms. The van der Waals surface area contributed by atoms with E-state index in [0.717, 1.165) is 25.5 Å². The van der Waals surface area contributed by atoms with Gasteiger partial charge in [0.25, 0.3) is 0 Å². The van der Waals surface area contributed by atoms with Crippen LogP contribution in [0, 0.1) is 0 Å². The largest absolute Gasteiger partial charge is 0.463 e. The molecule has 1 aliphatic heterocycles. The van der Waals surface area contributed by atoms with Crippen LogP contribution in [0.25, 0.3) is 0 Å². The number of guanidine groups is 1. The van der Waals surface area contributed by atoms with Gasteiger partial charge in [0.15, 0.2) is 5.96 Å². The molecule has 1 aliphatic rings. The molecule has 6 nitrogen and oxygen atoms in total. The number of aliphatic imine (C=N–C) groups is 1. The molecular weight excluding hydrogens is 455 g/mol. The van der Waals surface area contributed by atoms with Crippen LogP contribution in [-0.2, 0) is 16.1 Å². The lowest BCUT2D eigenvalue weighted by molar-refractivity contribution is -0.147. The first-order valence-corrected chi connectivity index (χ1v) is 9.42. The summed E-state index contributed by atoms with van der Waals surface area (Å²) in [6, 6.07) is 11.4. The molecule has 0 radical (unpaired) electrons. The first-order valence-electron chi connectivity index (χ1n) is 9.42.